The van der Waals surface area contributed by atoms with Gasteiger partial charge in [0.25, 0.3) is 0 Å². The van der Waals surface area contributed by atoms with Gasteiger partial charge in [-0.2, -0.15) is 0 Å². The van der Waals surface area contributed by atoms with Crippen LogP contribution in [-0.2, 0) is 9.47 Å². The summed E-state index contributed by atoms with van der Waals surface area (Å²) in [5, 5.41) is 5.30. The fourth-order valence-corrected chi connectivity index (χ4v) is 7.57. The number of nitrogens with zero attached hydrogens (tertiary/aromatic N) is 6. The number of amidine groups is 1. The summed E-state index contributed by atoms with van der Waals surface area (Å²) in [5.74, 6) is 1.58. The van der Waals surface area contributed by atoms with Crippen molar-refractivity contribution in [2.75, 3.05) is 19.6 Å². The monoisotopic (exact) mass is 640 g/mol. The summed E-state index contributed by atoms with van der Waals surface area (Å²) >= 11 is 3.19. The third-order valence-electron chi connectivity index (χ3n) is 7.56. The molecular formula is C30H40N8O4S2. The van der Waals surface area contributed by atoms with Crippen LogP contribution in [0.1, 0.15) is 90.1 Å². The summed E-state index contributed by atoms with van der Waals surface area (Å²) in [6.45, 7) is 13.2. The normalized spacial score (nSPS) is 22.3. The molecule has 3 aliphatic heterocycles. The molecule has 3 atom stereocenters. The highest BCUT2D eigenvalue weighted by molar-refractivity contribution is 7.23. The number of carbonyl (C=O) groups is 2. The minimum Gasteiger partial charge on any atom is -0.444 e. The lowest BCUT2D eigenvalue weighted by Gasteiger charge is -2.29. The number of imidazole rings is 1. The number of hydrogen-bond donors (Lipinski definition) is 2. The van der Waals surface area contributed by atoms with E-state index in [1.54, 1.807) is 38.7 Å². The fourth-order valence-electron chi connectivity index (χ4n) is 5.67. The molecule has 3 aliphatic rings. The number of aliphatic imine (C=N–C) groups is 1. The Bertz CT molecular complexity index is 1550. The summed E-state index contributed by atoms with van der Waals surface area (Å²) in [6.07, 6.45) is 8.44. The van der Waals surface area contributed by atoms with Crippen molar-refractivity contribution in [3.8, 4) is 20.5 Å². The van der Waals surface area contributed by atoms with Crippen LogP contribution in [0.5, 0.6) is 0 Å². The number of carbonyl (C=O) groups excluding carboxylic acids is 2. The Morgan fingerprint density at radius 1 is 0.841 bits per heavy atom. The Balaban J connectivity index is 1.09. The predicted molar refractivity (Wildman–Crippen MR) is 170 cm³/mol. The fraction of sp³-hybridized carbons (Fsp3) is 0.600. The molecule has 2 fully saturated rings. The second-order valence-corrected chi connectivity index (χ2v) is 15.5. The van der Waals surface area contributed by atoms with Gasteiger partial charge in [0.05, 0.1) is 46.3 Å². The largest absolute Gasteiger partial charge is 0.444 e. The number of aromatic nitrogens is 4. The van der Waals surface area contributed by atoms with E-state index in [1.165, 1.54) is 0 Å². The Kier molecular flexibility index (Phi) is 8.16. The number of likely N-dealkylation sites (tertiary alicyclic amines) is 2. The van der Waals surface area contributed by atoms with Gasteiger partial charge in [0.1, 0.15) is 32.9 Å². The molecule has 3 aromatic rings. The molecule has 6 rings (SSSR count). The second-order valence-electron chi connectivity index (χ2n) is 13.4. The van der Waals surface area contributed by atoms with Crippen molar-refractivity contribution >= 4 is 40.7 Å². The molecule has 44 heavy (non-hydrogen) atoms. The first-order valence-electron chi connectivity index (χ1n) is 15.1. The number of nitrogens with one attached hydrogen (secondary N) is 2. The van der Waals surface area contributed by atoms with E-state index in [-0.39, 0.29) is 30.3 Å². The van der Waals surface area contributed by atoms with Gasteiger partial charge in [-0.15, -0.1) is 22.7 Å². The standard InChI is InChI=1S/C30H40N8O4S2/c1-29(2,3)41-27(39)37-11-7-9-19(37)23-31-13-17(35-23)25-33-15-21(43-25)22-16-34-26(44-22)18-14-32-24(36-18)20-10-8-12-38(20)28(40)42-30(4,5)6/h13,15-16,18-20H,7-12,14H2,1-6H3,(H,31,35)(H,32,36)/t18?,19-,20-/m0/s1. The first-order chi connectivity index (χ1) is 20.8. The van der Waals surface area contributed by atoms with Gasteiger partial charge in [-0.25, -0.2) is 24.5 Å². The van der Waals surface area contributed by atoms with Crippen LogP contribution in [-0.4, -0.2) is 84.6 Å². The molecule has 3 aromatic heterocycles. The Labute approximate surface area is 265 Å². The van der Waals surface area contributed by atoms with Crippen LogP contribution < -0.4 is 5.32 Å². The van der Waals surface area contributed by atoms with E-state index in [2.05, 4.69) is 20.3 Å². The van der Waals surface area contributed by atoms with E-state index < -0.39 is 11.2 Å². The summed E-state index contributed by atoms with van der Waals surface area (Å²) in [4.78, 5) is 53.3. The lowest BCUT2D eigenvalue weighted by atomic mass is 10.2. The number of rotatable bonds is 5. The van der Waals surface area contributed by atoms with Crippen molar-refractivity contribution in [1.82, 2.24) is 35.1 Å². The lowest BCUT2D eigenvalue weighted by Crippen LogP contribution is -2.46. The minimum atomic E-state index is -0.547. The van der Waals surface area contributed by atoms with E-state index >= 15 is 0 Å². The second kappa shape index (κ2) is 11.8. The maximum Gasteiger partial charge on any atom is 0.410 e. The summed E-state index contributed by atoms with van der Waals surface area (Å²) < 4.78 is 11.2. The van der Waals surface area contributed by atoms with Crippen LogP contribution in [0.25, 0.3) is 20.5 Å². The molecule has 2 amide bonds. The van der Waals surface area contributed by atoms with Crippen LogP contribution in [0.4, 0.5) is 9.59 Å². The molecule has 1 unspecified atom stereocenters. The van der Waals surface area contributed by atoms with Crippen molar-refractivity contribution in [2.45, 2.75) is 96.6 Å². The zero-order chi connectivity index (χ0) is 31.2. The molecule has 2 saturated heterocycles. The van der Waals surface area contributed by atoms with Crippen molar-refractivity contribution in [1.29, 1.82) is 0 Å². The molecule has 6 heterocycles. The molecule has 12 nitrogen and oxygen atoms in total. The number of aromatic amines is 1. The highest BCUT2D eigenvalue weighted by Gasteiger charge is 2.38. The predicted octanol–water partition coefficient (Wildman–Crippen LogP) is 6.17. The average molecular weight is 641 g/mol. The molecule has 0 radical (unpaired) electrons. The van der Waals surface area contributed by atoms with Gasteiger partial charge < -0.3 is 19.8 Å². The van der Waals surface area contributed by atoms with Crippen molar-refractivity contribution < 1.29 is 19.1 Å². The number of hydrogen-bond acceptors (Lipinski definition) is 11. The van der Waals surface area contributed by atoms with Crippen LogP contribution in [0.3, 0.4) is 0 Å². The summed E-state index contributed by atoms with van der Waals surface area (Å²) in [7, 11) is 0. The van der Waals surface area contributed by atoms with E-state index in [0.29, 0.717) is 19.6 Å². The van der Waals surface area contributed by atoms with Gasteiger partial charge in [0.15, 0.2) is 0 Å². The molecule has 2 N–H and O–H groups in total. The van der Waals surface area contributed by atoms with Gasteiger partial charge in [-0.1, -0.05) is 0 Å². The van der Waals surface area contributed by atoms with Crippen molar-refractivity contribution in [2.24, 2.45) is 4.99 Å². The Hall–Kier alpha value is -3.52. The first-order valence-corrected chi connectivity index (χ1v) is 16.8. The topological polar surface area (TPSA) is 138 Å². The summed E-state index contributed by atoms with van der Waals surface area (Å²) in [6, 6.07) is -0.279. The van der Waals surface area contributed by atoms with E-state index in [4.69, 9.17) is 19.5 Å². The summed E-state index contributed by atoms with van der Waals surface area (Å²) in [5.41, 5.74) is -0.267. The molecule has 0 bridgehead atoms. The highest BCUT2D eigenvalue weighted by Crippen LogP contribution is 2.38. The molecule has 14 heteroatoms. The van der Waals surface area contributed by atoms with Crippen LogP contribution >= 0.6 is 22.7 Å². The average Bonchev–Trinajstić information content (AvgIpc) is 3.77. The SMILES string of the molecule is CC(C)(C)OC(=O)N1CCC[C@H]1C1=NCC(c2ncc(-c3cnc(-c4cnc([C@@H]5CCCN5C(=O)OC(C)(C)C)[nH]4)s3)s2)N1. The number of H-pyrrole nitrogens is 1. The molecule has 0 aromatic carbocycles. The molecule has 0 aliphatic carbocycles. The first kappa shape index (κ1) is 30.5. The third kappa shape index (κ3) is 6.60. The quantitative estimate of drug-likeness (QED) is 0.338. The Morgan fingerprint density at radius 2 is 1.45 bits per heavy atom. The number of amides is 2. The smallest absolute Gasteiger partial charge is 0.410 e. The van der Waals surface area contributed by atoms with Gasteiger partial charge >= 0.3 is 12.2 Å². The molecule has 236 valence electrons. The molecule has 0 saturated carbocycles. The number of thiazole rings is 2. The van der Waals surface area contributed by atoms with E-state index in [1.807, 2.05) is 53.9 Å². The molecular weight excluding hydrogens is 601 g/mol. The van der Waals surface area contributed by atoms with Crippen LogP contribution in [0.15, 0.2) is 23.6 Å². The number of ether oxygens (including phenoxy) is 2. The van der Waals surface area contributed by atoms with Crippen molar-refractivity contribution in [3.63, 3.8) is 0 Å². The highest BCUT2D eigenvalue weighted by atomic mass is 32.1. The Morgan fingerprint density at radius 3 is 2.14 bits per heavy atom. The van der Waals surface area contributed by atoms with Gasteiger partial charge in [0.2, 0.25) is 0 Å². The van der Waals surface area contributed by atoms with Crippen molar-refractivity contribution in [3.05, 3.63) is 29.4 Å². The molecule has 0 spiro atoms. The van der Waals surface area contributed by atoms with E-state index in [0.717, 1.165) is 62.8 Å². The maximum absolute atomic E-state index is 12.8. The zero-order valence-corrected chi connectivity index (χ0v) is 27.7. The van der Waals surface area contributed by atoms with E-state index in [9.17, 15) is 9.59 Å². The third-order valence-corrected chi connectivity index (χ3v) is 9.89. The minimum absolute atomic E-state index is 0.0354. The maximum atomic E-state index is 12.8. The zero-order valence-electron chi connectivity index (χ0n) is 26.0. The van der Waals surface area contributed by atoms with Gasteiger partial charge in [0, 0.05) is 25.5 Å². The lowest BCUT2D eigenvalue weighted by molar-refractivity contribution is 0.0216. The van der Waals surface area contributed by atoms with Crippen LogP contribution in [0.2, 0.25) is 0 Å². The van der Waals surface area contributed by atoms with Gasteiger partial charge in [-0.05, 0) is 67.2 Å². The van der Waals surface area contributed by atoms with Gasteiger partial charge in [-0.3, -0.25) is 14.8 Å². The van der Waals surface area contributed by atoms with Crippen LogP contribution in [0, 0.1) is 0 Å².